The van der Waals surface area contributed by atoms with E-state index in [2.05, 4.69) is 0 Å². The molecule has 0 aromatic carbocycles. The average Bonchev–Trinajstić information content (AvgIpc) is 2.06. The third-order valence-electron chi connectivity index (χ3n) is 0.694. The molecular weight excluding hydrogens is 224 g/mol. The van der Waals surface area contributed by atoms with Crippen molar-refractivity contribution in [2.45, 2.75) is 19.3 Å². The molecule has 66 valence electrons. The van der Waals surface area contributed by atoms with E-state index in [-0.39, 0.29) is 17.0 Å². The van der Waals surface area contributed by atoms with Crippen LogP contribution in [0.25, 0.3) is 0 Å². The van der Waals surface area contributed by atoms with Crippen LogP contribution in [0.3, 0.4) is 0 Å². The lowest BCUT2D eigenvalue weighted by Gasteiger charge is -1.78. The SMILES string of the molecule is Br.N#CC#N.O=CCCCC=O. The molecule has 0 heterocycles. The van der Waals surface area contributed by atoms with Crippen molar-refractivity contribution >= 4 is 29.6 Å². The lowest BCUT2D eigenvalue weighted by atomic mass is 10.3. The summed E-state index contributed by atoms with van der Waals surface area (Å²) < 4.78 is 0. The van der Waals surface area contributed by atoms with E-state index in [0.29, 0.717) is 19.3 Å². The maximum Gasteiger partial charge on any atom is 0.181 e. The van der Waals surface area contributed by atoms with Gasteiger partial charge in [0.05, 0.1) is 0 Å². The highest BCUT2D eigenvalue weighted by atomic mass is 79.9. The second-order valence-corrected chi connectivity index (χ2v) is 1.49. The number of halogens is 1. The highest BCUT2D eigenvalue weighted by Gasteiger charge is 1.80. The molecule has 0 unspecified atom stereocenters. The van der Waals surface area contributed by atoms with Gasteiger partial charge in [0.1, 0.15) is 12.6 Å². The van der Waals surface area contributed by atoms with E-state index in [4.69, 9.17) is 10.5 Å². The number of unbranched alkanes of at least 4 members (excludes halogenated alkanes) is 2. The smallest absolute Gasteiger partial charge is 0.181 e. The van der Waals surface area contributed by atoms with Crippen LogP contribution < -0.4 is 0 Å². The quantitative estimate of drug-likeness (QED) is 0.539. The minimum atomic E-state index is 0. The maximum atomic E-state index is 9.56. The van der Waals surface area contributed by atoms with Crippen LogP contribution in [-0.2, 0) is 9.59 Å². The number of rotatable bonds is 4. The topological polar surface area (TPSA) is 81.7 Å². The molecule has 0 fully saturated rings. The van der Waals surface area contributed by atoms with Crippen molar-refractivity contribution in [3.8, 4) is 12.1 Å². The molecule has 0 amide bonds. The van der Waals surface area contributed by atoms with E-state index in [1.54, 1.807) is 0 Å². The molecule has 4 nitrogen and oxygen atoms in total. The summed E-state index contributed by atoms with van der Waals surface area (Å²) in [4.78, 5) is 19.1. The molecule has 0 aromatic rings. The van der Waals surface area contributed by atoms with Crippen LogP contribution in [0.4, 0.5) is 0 Å². The largest absolute Gasteiger partial charge is 0.303 e. The molecule has 0 saturated heterocycles. The Morgan fingerprint density at radius 1 is 1.00 bits per heavy atom. The Morgan fingerprint density at radius 2 is 1.33 bits per heavy atom. The zero-order valence-corrected chi connectivity index (χ0v) is 8.11. The Hall–Kier alpha value is -1.20. The first-order valence-electron chi connectivity index (χ1n) is 2.99. The molecule has 0 bridgehead atoms. The van der Waals surface area contributed by atoms with Gasteiger partial charge >= 0.3 is 0 Å². The molecule has 0 aliphatic rings. The van der Waals surface area contributed by atoms with Crippen LogP contribution >= 0.6 is 17.0 Å². The molecule has 12 heavy (non-hydrogen) atoms. The minimum Gasteiger partial charge on any atom is -0.303 e. The predicted molar refractivity (Wildman–Crippen MR) is 47.5 cm³/mol. The summed E-state index contributed by atoms with van der Waals surface area (Å²) in [6.45, 7) is 0. The van der Waals surface area contributed by atoms with Gasteiger partial charge in [-0.2, -0.15) is 10.5 Å². The van der Waals surface area contributed by atoms with Gasteiger partial charge in [-0.1, -0.05) is 0 Å². The Kier molecular flexibility index (Phi) is 32.1. The van der Waals surface area contributed by atoms with Crippen molar-refractivity contribution in [2.75, 3.05) is 0 Å². The molecule has 0 saturated carbocycles. The van der Waals surface area contributed by atoms with Crippen molar-refractivity contribution < 1.29 is 9.59 Å². The number of carbonyl (C=O) groups excluding carboxylic acids is 2. The Bertz CT molecular complexity index is 161. The normalized spacial score (nSPS) is 5.50. The summed E-state index contributed by atoms with van der Waals surface area (Å²) in [6, 6.07) is 2.47. The summed E-state index contributed by atoms with van der Waals surface area (Å²) in [7, 11) is 0. The first-order chi connectivity index (χ1) is 5.33. The van der Waals surface area contributed by atoms with Gasteiger partial charge in [-0.25, -0.2) is 0 Å². The van der Waals surface area contributed by atoms with Gasteiger partial charge in [0.15, 0.2) is 12.1 Å². The van der Waals surface area contributed by atoms with E-state index >= 15 is 0 Å². The summed E-state index contributed by atoms with van der Waals surface area (Å²) in [5.41, 5.74) is 0. The Labute approximate surface area is 81.6 Å². The van der Waals surface area contributed by atoms with Crippen LogP contribution in [0.15, 0.2) is 0 Å². The number of carbonyl (C=O) groups is 2. The van der Waals surface area contributed by atoms with Gasteiger partial charge in [-0.15, -0.1) is 17.0 Å². The van der Waals surface area contributed by atoms with Crippen LogP contribution in [-0.4, -0.2) is 12.6 Å². The molecule has 0 rings (SSSR count). The van der Waals surface area contributed by atoms with Crippen LogP contribution in [0.1, 0.15) is 19.3 Å². The zero-order valence-electron chi connectivity index (χ0n) is 6.40. The van der Waals surface area contributed by atoms with Crippen LogP contribution in [0.2, 0.25) is 0 Å². The van der Waals surface area contributed by atoms with Gasteiger partial charge in [0.25, 0.3) is 0 Å². The third kappa shape index (κ3) is 37.1. The van der Waals surface area contributed by atoms with Gasteiger partial charge in [-0.05, 0) is 6.42 Å². The summed E-state index contributed by atoms with van der Waals surface area (Å²) >= 11 is 0. The number of hydrogen-bond acceptors (Lipinski definition) is 4. The van der Waals surface area contributed by atoms with Crippen LogP contribution in [0, 0.1) is 22.7 Å². The number of nitrogens with zero attached hydrogens (tertiary/aromatic N) is 2. The van der Waals surface area contributed by atoms with E-state index in [1.807, 2.05) is 0 Å². The maximum absolute atomic E-state index is 9.56. The second kappa shape index (κ2) is 22.6. The monoisotopic (exact) mass is 232 g/mol. The van der Waals surface area contributed by atoms with E-state index in [1.165, 1.54) is 12.1 Å². The molecule has 0 radical (unpaired) electrons. The van der Waals surface area contributed by atoms with Crippen molar-refractivity contribution in [1.29, 1.82) is 10.5 Å². The molecule has 0 atom stereocenters. The van der Waals surface area contributed by atoms with Crippen molar-refractivity contribution in [3.63, 3.8) is 0 Å². The number of aldehydes is 2. The Balaban J connectivity index is -0.000000142. The second-order valence-electron chi connectivity index (χ2n) is 1.49. The van der Waals surface area contributed by atoms with Crippen molar-refractivity contribution in [3.05, 3.63) is 0 Å². The van der Waals surface area contributed by atoms with Gasteiger partial charge in [-0.3, -0.25) is 0 Å². The fourth-order valence-electron chi connectivity index (χ4n) is 0.285. The fourth-order valence-corrected chi connectivity index (χ4v) is 0.285. The Morgan fingerprint density at radius 3 is 1.50 bits per heavy atom. The standard InChI is InChI=1S/C5H8O2.C2N2.BrH/c6-4-2-1-3-5-7;3-1-2-4;/h4-5H,1-3H2;;1H. The first-order valence-corrected chi connectivity index (χ1v) is 2.99. The highest BCUT2D eigenvalue weighted by molar-refractivity contribution is 8.93. The predicted octanol–water partition coefficient (Wildman–Crippen LogP) is 1.17. The van der Waals surface area contributed by atoms with Crippen LogP contribution in [0.5, 0.6) is 0 Å². The molecular formula is C7H9BrN2O2. The lowest BCUT2D eigenvalue weighted by Crippen LogP contribution is -1.76. The summed E-state index contributed by atoms with van der Waals surface area (Å²) in [5, 5.41) is 14.5. The lowest BCUT2D eigenvalue weighted by molar-refractivity contribution is -0.108. The zero-order chi connectivity index (χ0) is 8.95. The van der Waals surface area contributed by atoms with Crippen molar-refractivity contribution in [2.24, 2.45) is 0 Å². The molecule has 0 aliphatic carbocycles. The van der Waals surface area contributed by atoms with Gasteiger partial charge < -0.3 is 9.59 Å². The van der Waals surface area contributed by atoms with Gasteiger partial charge in [0, 0.05) is 12.8 Å². The highest BCUT2D eigenvalue weighted by Crippen LogP contribution is 1.85. The van der Waals surface area contributed by atoms with E-state index < -0.39 is 0 Å². The number of hydrogen-bond donors (Lipinski definition) is 0. The molecule has 0 spiro atoms. The molecule has 5 heteroatoms. The third-order valence-corrected chi connectivity index (χ3v) is 0.694. The molecule has 0 aliphatic heterocycles. The minimum absolute atomic E-state index is 0. The average molecular weight is 233 g/mol. The van der Waals surface area contributed by atoms with E-state index in [9.17, 15) is 9.59 Å². The number of nitriles is 2. The van der Waals surface area contributed by atoms with E-state index in [0.717, 1.165) is 12.6 Å². The summed E-state index contributed by atoms with van der Waals surface area (Å²) in [6.07, 6.45) is 3.37. The summed E-state index contributed by atoms with van der Waals surface area (Å²) in [5.74, 6) is 0. The molecule has 0 N–H and O–H groups in total. The van der Waals surface area contributed by atoms with Crippen molar-refractivity contribution in [1.82, 2.24) is 0 Å². The molecule has 0 aromatic heterocycles. The first kappa shape index (κ1) is 17.0. The fraction of sp³-hybridized carbons (Fsp3) is 0.429. The van der Waals surface area contributed by atoms with Gasteiger partial charge in [0.2, 0.25) is 0 Å².